The van der Waals surface area contributed by atoms with Crippen molar-refractivity contribution in [1.29, 1.82) is 0 Å². The number of aromatic nitrogens is 2. The minimum absolute atomic E-state index is 0.103. The molecule has 1 N–H and O–H groups in total. The van der Waals surface area contributed by atoms with Gasteiger partial charge in [-0.3, -0.25) is 9.89 Å². The van der Waals surface area contributed by atoms with Crippen LogP contribution in [0.3, 0.4) is 0 Å². The molecule has 0 spiro atoms. The van der Waals surface area contributed by atoms with E-state index >= 15 is 0 Å². The lowest BCUT2D eigenvalue weighted by Crippen LogP contribution is -2.42. The highest BCUT2D eigenvalue weighted by molar-refractivity contribution is 5.93. The highest BCUT2D eigenvalue weighted by Gasteiger charge is 2.27. The van der Waals surface area contributed by atoms with Crippen molar-refractivity contribution >= 4 is 5.91 Å². The van der Waals surface area contributed by atoms with Crippen LogP contribution in [0.15, 0.2) is 59.2 Å². The van der Waals surface area contributed by atoms with E-state index in [0.717, 1.165) is 5.56 Å². The predicted octanol–water partition coefficient (Wildman–Crippen LogP) is 2.88. The van der Waals surface area contributed by atoms with E-state index in [1.54, 1.807) is 23.3 Å². The molecule has 4 rings (SSSR count). The van der Waals surface area contributed by atoms with Crippen molar-refractivity contribution in [3.8, 4) is 11.5 Å². The fourth-order valence-corrected chi connectivity index (χ4v) is 2.85. The lowest BCUT2D eigenvalue weighted by molar-refractivity contribution is -0.0230. The van der Waals surface area contributed by atoms with Crippen molar-refractivity contribution in [3.05, 3.63) is 66.1 Å². The van der Waals surface area contributed by atoms with E-state index in [2.05, 4.69) is 10.2 Å². The molecule has 0 saturated carbocycles. The summed E-state index contributed by atoms with van der Waals surface area (Å²) in [5, 5.41) is 6.98. The fourth-order valence-electron chi connectivity index (χ4n) is 2.85. The van der Waals surface area contributed by atoms with Crippen LogP contribution in [0.25, 0.3) is 11.5 Å². The summed E-state index contributed by atoms with van der Waals surface area (Å²) in [6.07, 6.45) is 1.48. The average Bonchev–Trinajstić information content (AvgIpc) is 3.33. The first-order valence-electron chi connectivity index (χ1n) is 7.86. The number of amides is 1. The number of hydrogen-bond acceptors (Lipinski definition) is 4. The van der Waals surface area contributed by atoms with Gasteiger partial charge < -0.3 is 14.1 Å². The lowest BCUT2D eigenvalue weighted by atomic mass is 10.1. The molecule has 1 atom stereocenters. The molecule has 1 amide bonds. The average molecular weight is 323 g/mol. The molecule has 122 valence electrons. The van der Waals surface area contributed by atoms with Gasteiger partial charge in [-0.25, -0.2) is 0 Å². The van der Waals surface area contributed by atoms with Crippen LogP contribution in [0.5, 0.6) is 0 Å². The number of rotatable bonds is 3. The molecule has 6 heteroatoms. The molecule has 6 nitrogen and oxygen atoms in total. The molecule has 2 aromatic heterocycles. The van der Waals surface area contributed by atoms with E-state index < -0.39 is 0 Å². The Labute approximate surface area is 139 Å². The summed E-state index contributed by atoms with van der Waals surface area (Å²) in [4.78, 5) is 14.5. The highest BCUT2D eigenvalue weighted by atomic mass is 16.5. The summed E-state index contributed by atoms with van der Waals surface area (Å²) >= 11 is 0. The number of H-pyrrole nitrogens is 1. The minimum atomic E-state index is -0.104. The van der Waals surface area contributed by atoms with E-state index in [-0.39, 0.29) is 12.0 Å². The zero-order chi connectivity index (χ0) is 16.4. The van der Waals surface area contributed by atoms with Gasteiger partial charge in [0.1, 0.15) is 11.8 Å². The Kier molecular flexibility index (Phi) is 3.88. The van der Waals surface area contributed by atoms with Crippen molar-refractivity contribution in [2.75, 3.05) is 19.7 Å². The van der Waals surface area contributed by atoms with Crippen LogP contribution in [0.2, 0.25) is 0 Å². The van der Waals surface area contributed by atoms with Gasteiger partial charge >= 0.3 is 0 Å². The number of morpholine rings is 1. The number of hydrogen-bond donors (Lipinski definition) is 1. The lowest BCUT2D eigenvalue weighted by Gasteiger charge is -2.32. The van der Waals surface area contributed by atoms with Gasteiger partial charge in [0, 0.05) is 12.6 Å². The van der Waals surface area contributed by atoms with E-state index in [4.69, 9.17) is 9.15 Å². The molecule has 0 bridgehead atoms. The molecule has 1 saturated heterocycles. The van der Waals surface area contributed by atoms with Crippen LogP contribution in [-0.2, 0) is 4.74 Å². The Balaban J connectivity index is 1.50. The number of nitrogens with one attached hydrogen (secondary N) is 1. The van der Waals surface area contributed by atoms with Gasteiger partial charge in [0.05, 0.1) is 19.4 Å². The Morgan fingerprint density at radius 2 is 2.08 bits per heavy atom. The molecule has 1 aromatic carbocycles. The molecule has 0 radical (unpaired) electrons. The number of nitrogens with zero attached hydrogens (tertiary/aromatic N) is 2. The molecule has 0 unspecified atom stereocenters. The Morgan fingerprint density at radius 1 is 1.21 bits per heavy atom. The van der Waals surface area contributed by atoms with Crippen LogP contribution in [0, 0.1) is 0 Å². The molecular formula is C18H17N3O3. The zero-order valence-corrected chi connectivity index (χ0v) is 13.0. The first kappa shape index (κ1) is 14.7. The highest BCUT2D eigenvalue weighted by Crippen LogP contribution is 2.24. The van der Waals surface area contributed by atoms with Crippen LogP contribution in [0.4, 0.5) is 0 Å². The smallest absolute Gasteiger partial charge is 0.274 e. The summed E-state index contributed by atoms with van der Waals surface area (Å²) in [5.74, 6) is 0.555. The van der Waals surface area contributed by atoms with Gasteiger partial charge in [0.15, 0.2) is 11.5 Å². The molecule has 1 aliphatic rings. The first-order chi connectivity index (χ1) is 11.8. The van der Waals surface area contributed by atoms with Crippen molar-refractivity contribution in [1.82, 2.24) is 15.1 Å². The Bertz CT molecular complexity index is 811. The Morgan fingerprint density at radius 3 is 2.88 bits per heavy atom. The number of aromatic amines is 1. The Hall–Kier alpha value is -2.86. The van der Waals surface area contributed by atoms with Gasteiger partial charge in [0.2, 0.25) is 0 Å². The molecule has 24 heavy (non-hydrogen) atoms. The standard InChI is InChI=1S/C18H17N3O3/c22-18(15-11-14(19-20-15)16-7-4-9-23-16)21-8-10-24-17(12-21)13-5-2-1-3-6-13/h1-7,9,11,17H,8,10,12H2,(H,19,20)/t17-/m1/s1. The molecule has 0 aliphatic carbocycles. The number of ether oxygens (including phenoxy) is 1. The van der Waals surface area contributed by atoms with Crippen LogP contribution >= 0.6 is 0 Å². The molecular weight excluding hydrogens is 306 g/mol. The van der Waals surface area contributed by atoms with Crippen molar-refractivity contribution in [3.63, 3.8) is 0 Å². The summed E-state index contributed by atoms with van der Waals surface area (Å²) in [7, 11) is 0. The maximum Gasteiger partial charge on any atom is 0.274 e. The second-order valence-electron chi connectivity index (χ2n) is 5.67. The zero-order valence-electron chi connectivity index (χ0n) is 13.0. The normalized spacial score (nSPS) is 17.8. The monoisotopic (exact) mass is 323 g/mol. The van der Waals surface area contributed by atoms with Crippen molar-refractivity contribution in [2.24, 2.45) is 0 Å². The number of carbonyl (C=O) groups is 1. The largest absolute Gasteiger partial charge is 0.463 e. The van der Waals surface area contributed by atoms with Crippen molar-refractivity contribution in [2.45, 2.75) is 6.10 Å². The van der Waals surface area contributed by atoms with E-state index in [0.29, 0.717) is 36.8 Å². The predicted molar refractivity (Wildman–Crippen MR) is 87.3 cm³/mol. The maximum atomic E-state index is 12.7. The van der Waals surface area contributed by atoms with Crippen molar-refractivity contribution < 1.29 is 13.9 Å². The second kappa shape index (κ2) is 6.33. The van der Waals surface area contributed by atoms with Gasteiger partial charge in [0.25, 0.3) is 5.91 Å². The third kappa shape index (κ3) is 2.83. The number of carbonyl (C=O) groups excluding carboxylic acids is 1. The third-order valence-corrected chi connectivity index (χ3v) is 4.11. The third-order valence-electron chi connectivity index (χ3n) is 4.11. The molecule has 1 fully saturated rings. The molecule has 1 aliphatic heterocycles. The topological polar surface area (TPSA) is 71.4 Å². The van der Waals surface area contributed by atoms with Crippen LogP contribution in [-0.4, -0.2) is 40.7 Å². The van der Waals surface area contributed by atoms with E-state index in [9.17, 15) is 4.79 Å². The fraction of sp³-hybridized carbons (Fsp3) is 0.222. The van der Waals surface area contributed by atoms with Crippen LogP contribution < -0.4 is 0 Å². The van der Waals surface area contributed by atoms with E-state index in [1.165, 1.54) is 0 Å². The summed E-state index contributed by atoms with van der Waals surface area (Å²) < 4.78 is 11.1. The van der Waals surface area contributed by atoms with Gasteiger partial charge in [-0.1, -0.05) is 30.3 Å². The van der Waals surface area contributed by atoms with Gasteiger partial charge in [-0.2, -0.15) is 5.10 Å². The van der Waals surface area contributed by atoms with E-state index in [1.807, 2.05) is 36.4 Å². The maximum absolute atomic E-state index is 12.7. The summed E-state index contributed by atoms with van der Waals surface area (Å²) in [6, 6.07) is 15.3. The quantitative estimate of drug-likeness (QED) is 0.804. The number of furan rings is 1. The second-order valence-corrected chi connectivity index (χ2v) is 5.67. The van der Waals surface area contributed by atoms with Gasteiger partial charge in [-0.15, -0.1) is 0 Å². The summed E-state index contributed by atoms with van der Waals surface area (Å²) in [5.41, 5.74) is 2.15. The first-order valence-corrected chi connectivity index (χ1v) is 7.86. The SMILES string of the molecule is O=C(c1cc(-c2ccco2)[nH]n1)N1CCO[C@@H](c2ccccc2)C1. The summed E-state index contributed by atoms with van der Waals surface area (Å²) in [6.45, 7) is 1.59. The van der Waals surface area contributed by atoms with Crippen LogP contribution in [0.1, 0.15) is 22.2 Å². The van der Waals surface area contributed by atoms with Gasteiger partial charge in [-0.05, 0) is 17.7 Å². The minimum Gasteiger partial charge on any atom is -0.463 e. The number of benzene rings is 1. The molecule has 3 aromatic rings. The molecule has 3 heterocycles.